The molecular weight excluding hydrogens is 328 g/mol. The van der Waals surface area contributed by atoms with Crippen LogP contribution < -0.4 is 14.8 Å². The van der Waals surface area contributed by atoms with Gasteiger partial charge in [-0.1, -0.05) is 11.6 Å². The first kappa shape index (κ1) is 13.4. The van der Waals surface area contributed by atoms with E-state index in [-0.39, 0.29) is 0 Å². The minimum atomic E-state index is -2.08. The maximum Gasteiger partial charge on any atom is 0.274 e. The maximum absolute atomic E-state index is 12.6. The zero-order valence-corrected chi connectivity index (χ0v) is 11.6. The van der Waals surface area contributed by atoms with Crippen molar-refractivity contribution < 1.29 is 18.7 Å². The molecule has 1 aliphatic heterocycles. The van der Waals surface area contributed by atoms with E-state index in [1.165, 1.54) is 0 Å². The summed E-state index contributed by atoms with van der Waals surface area (Å²) in [5.41, 5.74) is -1.70. The summed E-state index contributed by atoms with van der Waals surface area (Å²) in [5.74, 6) is 0.161. The van der Waals surface area contributed by atoms with Gasteiger partial charge in [0.05, 0.1) is 17.7 Å². The average Bonchev–Trinajstić information content (AvgIpc) is 2.54. The second kappa shape index (κ2) is 5.75. The smallest absolute Gasteiger partial charge is 0.274 e. The Morgan fingerprint density at radius 1 is 1.44 bits per heavy atom. The van der Waals surface area contributed by atoms with E-state index in [9.17, 15) is 9.18 Å². The standard InChI is InChI=1S/C11H10BrClFNO3/c12-7-4-6(15-11(16)10(13)14)5-8-9(7)18-3-1-2-17-8/h4-5,10H,1-3H2,(H,15,16). The van der Waals surface area contributed by atoms with Crippen LogP contribution in [0.4, 0.5) is 10.1 Å². The van der Waals surface area contributed by atoms with E-state index in [1.807, 2.05) is 0 Å². The molecule has 7 heteroatoms. The van der Waals surface area contributed by atoms with Crippen molar-refractivity contribution in [2.75, 3.05) is 18.5 Å². The van der Waals surface area contributed by atoms with Gasteiger partial charge >= 0.3 is 0 Å². The molecule has 1 unspecified atom stereocenters. The van der Waals surface area contributed by atoms with Crippen molar-refractivity contribution in [1.29, 1.82) is 0 Å². The first-order valence-corrected chi connectivity index (χ1v) is 6.49. The van der Waals surface area contributed by atoms with Gasteiger partial charge in [0, 0.05) is 18.2 Å². The summed E-state index contributed by atoms with van der Waals surface area (Å²) in [6, 6.07) is 3.17. The summed E-state index contributed by atoms with van der Waals surface area (Å²) in [5, 5.41) is 2.34. The molecule has 0 aromatic heterocycles. The third-order valence-corrected chi connectivity index (χ3v) is 3.06. The molecule has 1 aliphatic rings. The van der Waals surface area contributed by atoms with Gasteiger partial charge in [0.1, 0.15) is 0 Å². The van der Waals surface area contributed by atoms with E-state index in [4.69, 9.17) is 21.1 Å². The van der Waals surface area contributed by atoms with Crippen LogP contribution in [0.1, 0.15) is 6.42 Å². The number of anilines is 1. The van der Waals surface area contributed by atoms with Gasteiger partial charge in [-0.3, -0.25) is 4.79 Å². The molecule has 0 radical (unpaired) electrons. The molecule has 1 atom stereocenters. The lowest BCUT2D eigenvalue weighted by atomic mass is 10.2. The molecule has 98 valence electrons. The van der Waals surface area contributed by atoms with Crippen LogP contribution in [0.15, 0.2) is 16.6 Å². The molecule has 0 bridgehead atoms. The van der Waals surface area contributed by atoms with Crippen LogP contribution in [-0.4, -0.2) is 24.8 Å². The van der Waals surface area contributed by atoms with Gasteiger partial charge in [-0.2, -0.15) is 0 Å². The van der Waals surface area contributed by atoms with E-state index >= 15 is 0 Å². The fraction of sp³-hybridized carbons (Fsp3) is 0.364. The minimum Gasteiger partial charge on any atom is -0.489 e. The quantitative estimate of drug-likeness (QED) is 0.843. The van der Waals surface area contributed by atoms with Crippen molar-refractivity contribution in [3.05, 3.63) is 16.6 Å². The zero-order chi connectivity index (χ0) is 13.1. The molecule has 0 saturated heterocycles. The molecule has 0 aliphatic carbocycles. The lowest BCUT2D eigenvalue weighted by molar-refractivity contribution is -0.118. The number of hydrogen-bond donors (Lipinski definition) is 1. The molecule has 0 fully saturated rings. The van der Waals surface area contributed by atoms with Crippen LogP contribution in [0.5, 0.6) is 11.5 Å². The minimum absolute atomic E-state index is 0.388. The topological polar surface area (TPSA) is 47.6 Å². The van der Waals surface area contributed by atoms with Crippen molar-refractivity contribution in [3.8, 4) is 11.5 Å². The molecule has 1 amide bonds. The lowest BCUT2D eigenvalue weighted by Crippen LogP contribution is -2.19. The van der Waals surface area contributed by atoms with Crippen molar-refractivity contribution in [2.45, 2.75) is 12.1 Å². The molecule has 0 spiro atoms. The van der Waals surface area contributed by atoms with Crippen LogP contribution in [0, 0.1) is 0 Å². The highest BCUT2D eigenvalue weighted by molar-refractivity contribution is 9.10. The molecule has 2 rings (SSSR count). The number of halogens is 3. The van der Waals surface area contributed by atoms with Crippen LogP contribution >= 0.6 is 27.5 Å². The van der Waals surface area contributed by atoms with Crippen molar-refractivity contribution in [1.82, 2.24) is 0 Å². The second-order valence-electron chi connectivity index (χ2n) is 3.63. The monoisotopic (exact) mass is 337 g/mol. The number of alkyl halides is 2. The zero-order valence-electron chi connectivity index (χ0n) is 9.21. The Labute approximate surface area is 117 Å². The van der Waals surface area contributed by atoms with Gasteiger partial charge in [-0.05, 0) is 22.0 Å². The Bertz CT molecular complexity index is 470. The van der Waals surface area contributed by atoms with Crippen LogP contribution in [-0.2, 0) is 4.79 Å². The molecule has 1 aromatic rings. The highest BCUT2D eigenvalue weighted by Crippen LogP contribution is 2.39. The Morgan fingerprint density at radius 3 is 2.89 bits per heavy atom. The van der Waals surface area contributed by atoms with Gasteiger partial charge < -0.3 is 14.8 Å². The van der Waals surface area contributed by atoms with E-state index in [1.54, 1.807) is 12.1 Å². The Morgan fingerprint density at radius 2 is 2.17 bits per heavy atom. The molecule has 1 heterocycles. The largest absolute Gasteiger partial charge is 0.489 e. The summed E-state index contributed by atoms with van der Waals surface area (Å²) >= 11 is 8.35. The Kier molecular flexibility index (Phi) is 4.29. The molecule has 4 nitrogen and oxygen atoms in total. The van der Waals surface area contributed by atoms with Crippen molar-refractivity contribution in [2.24, 2.45) is 0 Å². The molecular formula is C11H10BrClFNO3. The first-order chi connectivity index (χ1) is 8.58. The summed E-state index contributed by atoms with van der Waals surface area (Å²) in [4.78, 5) is 11.2. The summed E-state index contributed by atoms with van der Waals surface area (Å²) in [6.45, 7) is 1.09. The molecule has 1 aromatic carbocycles. The number of amides is 1. The summed E-state index contributed by atoms with van der Waals surface area (Å²) < 4.78 is 24.2. The van der Waals surface area contributed by atoms with Crippen LogP contribution in [0.2, 0.25) is 0 Å². The Balaban J connectivity index is 2.26. The van der Waals surface area contributed by atoms with Gasteiger partial charge in [0.15, 0.2) is 11.5 Å². The maximum atomic E-state index is 12.6. The average molecular weight is 339 g/mol. The second-order valence-corrected chi connectivity index (χ2v) is 4.86. The number of ether oxygens (including phenoxy) is 2. The van der Waals surface area contributed by atoms with E-state index in [2.05, 4.69) is 21.2 Å². The van der Waals surface area contributed by atoms with Gasteiger partial charge in [-0.25, -0.2) is 4.39 Å². The number of hydrogen-bond acceptors (Lipinski definition) is 3. The summed E-state index contributed by atoms with van der Waals surface area (Å²) in [6.07, 6.45) is 0.775. The fourth-order valence-electron chi connectivity index (χ4n) is 1.50. The highest BCUT2D eigenvalue weighted by atomic mass is 79.9. The van der Waals surface area contributed by atoms with Gasteiger partial charge in [-0.15, -0.1) is 0 Å². The normalized spacial score (nSPS) is 15.7. The predicted molar refractivity (Wildman–Crippen MR) is 69.1 cm³/mol. The van der Waals surface area contributed by atoms with Crippen LogP contribution in [0.25, 0.3) is 0 Å². The third kappa shape index (κ3) is 3.05. The third-order valence-electron chi connectivity index (χ3n) is 2.27. The van der Waals surface area contributed by atoms with Crippen molar-refractivity contribution >= 4 is 39.1 Å². The van der Waals surface area contributed by atoms with Crippen molar-refractivity contribution in [3.63, 3.8) is 0 Å². The SMILES string of the molecule is O=C(Nc1cc(Br)c2c(c1)OCCCO2)C(F)Cl. The van der Waals surface area contributed by atoms with E-state index < -0.39 is 11.5 Å². The number of carbonyl (C=O) groups excluding carboxylic acids is 1. The van der Waals surface area contributed by atoms with Gasteiger partial charge in [0.2, 0.25) is 0 Å². The van der Waals surface area contributed by atoms with E-state index in [0.717, 1.165) is 6.42 Å². The van der Waals surface area contributed by atoms with Crippen LogP contribution in [0.3, 0.4) is 0 Å². The molecule has 1 N–H and O–H groups in total. The fourth-order valence-corrected chi connectivity index (χ4v) is 2.11. The first-order valence-electron chi connectivity index (χ1n) is 5.26. The highest BCUT2D eigenvalue weighted by Gasteiger charge is 2.18. The number of nitrogens with one attached hydrogen (secondary N) is 1. The number of rotatable bonds is 2. The van der Waals surface area contributed by atoms with E-state index in [0.29, 0.717) is 34.9 Å². The Hall–Kier alpha value is -1.01. The summed E-state index contributed by atoms with van der Waals surface area (Å²) in [7, 11) is 0. The number of benzene rings is 1. The molecule has 18 heavy (non-hydrogen) atoms. The molecule has 0 saturated carbocycles. The van der Waals surface area contributed by atoms with Gasteiger partial charge in [0.25, 0.3) is 11.5 Å². The lowest BCUT2D eigenvalue weighted by Gasteiger charge is -2.12. The number of carbonyl (C=O) groups is 1. The predicted octanol–water partition coefficient (Wildman–Crippen LogP) is 3.08. The number of fused-ring (bicyclic) bond motifs is 1.